The highest BCUT2D eigenvalue weighted by Gasteiger charge is 2.18. The third-order valence-corrected chi connectivity index (χ3v) is 5.14. The largest absolute Gasteiger partial charge is 0.496 e. The number of rotatable bonds is 8. The highest BCUT2D eigenvalue weighted by atomic mass is 16.5. The average molecular weight is 383 g/mol. The molecule has 0 N–H and O–H groups in total. The second-order valence-electron chi connectivity index (χ2n) is 6.94. The molecule has 28 heavy (non-hydrogen) atoms. The fourth-order valence-corrected chi connectivity index (χ4v) is 3.38. The van der Waals surface area contributed by atoms with Crippen molar-refractivity contribution < 1.29 is 19.0 Å². The van der Waals surface area contributed by atoms with Crippen molar-refractivity contribution >= 4 is 5.97 Å². The Kier molecular flexibility index (Phi) is 7.68. The summed E-state index contributed by atoms with van der Waals surface area (Å²) < 4.78 is 16.6. The van der Waals surface area contributed by atoms with Crippen molar-refractivity contribution in [2.24, 2.45) is 0 Å². The van der Waals surface area contributed by atoms with Gasteiger partial charge in [-0.15, -0.1) is 0 Å². The first-order chi connectivity index (χ1) is 13.4. The van der Waals surface area contributed by atoms with Gasteiger partial charge < -0.3 is 14.2 Å². The van der Waals surface area contributed by atoms with Gasteiger partial charge in [0.05, 0.1) is 19.8 Å². The van der Waals surface area contributed by atoms with Crippen LogP contribution in [-0.2, 0) is 11.2 Å². The van der Waals surface area contributed by atoms with E-state index in [9.17, 15) is 4.79 Å². The summed E-state index contributed by atoms with van der Waals surface area (Å²) in [6, 6.07) is 9.03. The molecule has 2 aromatic rings. The Morgan fingerprint density at radius 1 is 0.929 bits per heavy atom. The third-order valence-electron chi connectivity index (χ3n) is 5.14. The molecule has 0 heterocycles. The lowest BCUT2D eigenvalue weighted by Crippen LogP contribution is -2.06. The Balaban J connectivity index is 2.04. The summed E-state index contributed by atoms with van der Waals surface area (Å²) in [5, 5.41) is 0. The Labute approximate surface area is 168 Å². The number of methoxy groups -OCH3 is 2. The van der Waals surface area contributed by atoms with Crippen molar-refractivity contribution in [1.29, 1.82) is 0 Å². The van der Waals surface area contributed by atoms with Gasteiger partial charge in [0, 0.05) is 5.56 Å². The van der Waals surface area contributed by atoms with Gasteiger partial charge in [0.15, 0.2) is 0 Å². The van der Waals surface area contributed by atoms with Crippen LogP contribution in [0.3, 0.4) is 0 Å². The maximum absolute atomic E-state index is 12.0. The van der Waals surface area contributed by atoms with Crippen molar-refractivity contribution in [3.63, 3.8) is 0 Å². The lowest BCUT2D eigenvalue weighted by molar-refractivity contribution is 0.0549. The van der Waals surface area contributed by atoms with E-state index in [4.69, 9.17) is 14.2 Å². The molecule has 0 aromatic heterocycles. The van der Waals surface area contributed by atoms with Crippen molar-refractivity contribution in [1.82, 2.24) is 0 Å². The van der Waals surface area contributed by atoms with Crippen LogP contribution in [0, 0.1) is 20.8 Å². The van der Waals surface area contributed by atoms with Crippen LogP contribution in [-0.4, -0.2) is 26.8 Å². The van der Waals surface area contributed by atoms with Gasteiger partial charge in [0.2, 0.25) is 0 Å². The molecule has 0 amide bonds. The van der Waals surface area contributed by atoms with Gasteiger partial charge in [-0.2, -0.15) is 0 Å². The molecule has 0 bridgehead atoms. The number of esters is 1. The normalized spacial score (nSPS) is 11.3. The average Bonchev–Trinajstić information content (AvgIpc) is 2.70. The zero-order valence-corrected chi connectivity index (χ0v) is 17.7. The summed E-state index contributed by atoms with van der Waals surface area (Å²) in [7, 11) is 3.42. The highest BCUT2D eigenvalue weighted by Crippen LogP contribution is 2.38. The van der Waals surface area contributed by atoms with Crippen LogP contribution >= 0.6 is 0 Å². The molecule has 4 nitrogen and oxygen atoms in total. The van der Waals surface area contributed by atoms with Crippen molar-refractivity contribution in [2.45, 2.75) is 40.5 Å². The van der Waals surface area contributed by atoms with Crippen LogP contribution in [0.25, 0.3) is 0 Å². The monoisotopic (exact) mass is 382 g/mol. The predicted octanol–water partition coefficient (Wildman–Crippen LogP) is 5.36. The number of carbonyl (C=O) groups excluding carboxylic acids is 1. The van der Waals surface area contributed by atoms with Crippen LogP contribution in [0.15, 0.2) is 42.0 Å². The topological polar surface area (TPSA) is 44.8 Å². The first kappa shape index (κ1) is 21.5. The quantitative estimate of drug-likeness (QED) is 0.455. The fourth-order valence-electron chi connectivity index (χ4n) is 3.38. The number of carbonyl (C=O) groups is 1. The minimum atomic E-state index is -0.305. The van der Waals surface area contributed by atoms with Gasteiger partial charge in [-0.25, -0.2) is 4.79 Å². The predicted molar refractivity (Wildman–Crippen MR) is 113 cm³/mol. The first-order valence-electron chi connectivity index (χ1n) is 9.49. The van der Waals surface area contributed by atoms with Gasteiger partial charge in [-0.05, 0) is 75.4 Å². The molecule has 0 aliphatic heterocycles. The number of ether oxygens (including phenoxy) is 3. The van der Waals surface area contributed by atoms with Gasteiger partial charge in [-0.3, -0.25) is 0 Å². The molecule has 150 valence electrons. The molecule has 0 aliphatic carbocycles. The first-order valence-corrected chi connectivity index (χ1v) is 9.49. The van der Waals surface area contributed by atoms with E-state index in [-0.39, 0.29) is 12.6 Å². The minimum absolute atomic E-state index is 0.270. The Morgan fingerprint density at radius 2 is 1.54 bits per heavy atom. The van der Waals surface area contributed by atoms with Crippen LogP contribution in [0.4, 0.5) is 0 Å². The second kappa shape index (κ2) is 9.98. The van der Waals surface area contributed by atoms with E-state index in [1.54, 1.807) is 26.4 Å². The number of allylic oxidation sites excluding steroid dienone is 1. The molecular formula is C24H30O4. The van der Waals surface area contributed by atoms with Gasteiger partial charge >= 0.3 is 5.97 Å². The summed E-state index contributed by atoms with van der Waals surface area (Å²) in [4.78, 5) is 12.0. The van der Waals surface area contributed by atoms with Gasteiger partial charge in [0.1, 0.15) is 18.1 Å². The summed E-state index contributed by atoms with van der Waals surface area (Å²) in [5.41, 5.74) is 6.23. The maximum atomic E-state index is 12.0. The van der Waals surface area contributed by atoms with Crippen LogP contribution < -0.4 is 9.47 Å². The van der Waals surface area contributed by atoms with Crippen molar-refractivity contribution in [3.05, 3.63) is 69.8 Å². The molecule has 0 spiro atoms. The van der Waals surface area contributed by atoms with E-state index in [0.29, 0.717) is 5.56 Å². The van der Waals surface area contributed by atoms with E-state index in [1.807, 2.05) is 24.3 Å². The SMILES string of the molecule is COc1c(C)c(C)c(OC)c(CC/C(C)=C/COC(=O)c2ccccc2)c1C. The summed E-state index contributed by atoms with van der Waals surface area (Å²) in [6.45, 7) is 8.51. The second-order valence-corrected chi connectivity index (χ2v) is 6.94. The van der Waals surface area contributed by atoms with Crippen molar-refractivity contribution in [3.8, 4) is 11.5 Å². The van der Waals surface area contributed by atoms with Crippen LogP contribution in [0.1, 0.15) is 46.0 Å². The lowest BCUT2D eigenvalue weighted by atomic mass is 9.93. The molecule has 0 atom stereocenters. The molecule has 0 radical (unpaired) electrons. The van der Waals surface area contributed by atoms with E-state index in [0.717, 1.165) is 46.6 Å². The van der Waals surface area contributed by atoms with E-state index in [2.05, 4.69) is 27.7 Å². The molecule has 0 fully saturated rings. The zero-order chi connectivity index (χ0) is 20.7. The maximum Gasteiger partial charge on any atom is 0.338 e. The molecule has 0 aliphatic rings. The smallest absolute Gasteiger partial charge is 0.338 e. The van der Waals surface area contributed by atoms with Crippen molar-refractivity contribution in [2.75, 3.05) is 20.8 Å². The molecule has 4 heteroatoms. The highest BCUT2D eigenvalue weighted by molar-refractivity contribution is 5.89. The third kappa shape index (κ3) is 4.94. The Hall–Kier alpha value is -2.75. The minimum Gasteiger partial charge on any atom is -0.496 e. The number of hydrogen-bond donors (Lipinski definition) is 0. The standard InChI is InChI=1S/C24H30O4/c1-16(14-15-28-24(25)20-10-8-7-9-11-20)12-13-21-19(4)22(26-5)17(2)18(3)23(21)27-6/h7-11,14H,12-13,15H2,1-6H3/b16-14+. The molecule has 0 unspecified atom stereocenters. The van der Waals surface area contributed by atoms with E-state index in [1.165, 1.54) is 5.57 Å². The van der Waals surface area contributed by atoms with Gasteiger partial charge in [-0.1, -0.05) is 23.8 Å². The molecule has 2 rings (SSSR count). The molecule has 2 aromatic carbocycles. The summed E-state index contributed by atoms with van der Waals surface area (Å²) in [6.07, 6.45) is 3.65. The summed E-state index contributed by atoms with van der Waals surface area (Å²) in [5.74, 6) is 1.55. The van der Waals surface area contributed by atoms with Crippen LogP contribution in [0.2, 0.25) is 0 Å². The van der Waals surface area contributed by atoms with Crippen LogP contribution in [0.5, 0.6) is 11.5 Å². The summed E-state index contributed by atoms with van der Waals surface area (Å²) >= 11 is 0. The molecule has 0 saturated carbocycles. The molecule has 0 saturated heterocycles. The lowest BCUT2D eigenvalue weighted by Gasteiger charge is -2.20. The Morgan fingerprint density at radius 3 is 2.14 bits per heavy atom. The fraction of sp³-hybridized carbons (Fsp3) is 0.375. The molecular weight excluding hydrogens is 352 g/mol. The number of benzene rings is 2. The Bertz CT molecular complexity index is 851. The van der Waals surface area contributed by atoms with E-state index < -0.39 is 0 Å². The zero-order valence-electron chi connectivity index (χ0n) is 17.7. The number of hydrogen-bond acceptors (Lipinski definition) is 4. The van der Waals surface area contributed by atoms with Gasteiger partial charge in [0.25, 0.3) is 0 Å². The van der Waals surface area contributed by atoms with E-state index >= 15 is 0 Å².